The van der Waals surface area contributed by atoms with Gasteiger partial charge in [0.1, 0.15) is 5.52 Å². The summed E-state index contributed by atoms with van der Waals surface area (Å²) in [5.41, 5.74) is 1.40. The fourth-order valence-corrected chi connectivity index (χ4v) is 2.88. The largest absolute Gasteiger partial charge is 0.478 e. The van der Waals surface area contributed by atoms with E-state index in [1.165, 1.54) is 31.4 Å². The molecule has 106 valence electrons. The lowest BCUT2D eigenvalue weighted by atomic mass is 10.1. The van der Waals surface area contributed by atoms with Crippen LogP contribution in [-0.4, -0.2) is 22.6 Å². The summed E-state index contributed by atoms with van der Waals surface area (Å²) in [6.45, 7) is 3.15. The third-order valence-electron chi connectivity index (χ3n) is 3.98. The minimum Gasteiger partial charge on any atom is -0.478 e. The smallest absolute Gasteiger partial charge is 0.335 e. The van der Waals surface area contributed by atoms with Gasteiger partial charge in [0.15, 0.2) is 5.58 Å². The molecule has 2 N–H and O–H groups in total. The topological polar surface area (TPSA) is 75.4 Å². The maximum atomic E-state index is 10.9. The molecule has 1 aromatic carbocycles. The molecule has 2 atom stereocenters. The molecular weight excluding hydrogens is 256 g/mol. The Morgan fingerprint density at radius 3 is 3.05 bits per heavy atom. The number of rotatable bonds is 4. The number of aromatic carboxylic acids is 1. The minimum atomic E-state index is -0.960. The molecule has 20 heavy (non-hydrogen) atoms. The van der Waals surface area contributed by atoms with Crippen LogP contribution < -0.4 is 5.32 Å². The van der Waals surface area contributed by atoms with Gasteiger partial charge >= 0.3 is 5.97 Å². The van der Waals surface area contributed by atoms with Crippen LogP contribution in [0.4, 0.5) is 6.01 Å². The van der Waals surface area contributed by atoms with Gasteiger partial charge in [-0.15, -0.1) is 0 Å². The van der Waals surface area contributed by atoms with Crippen LogP contribution in [0.5, 0.6) is 0 Å². The van der Waals surface area contributed by atoms with E-state index in [-0.39, 0.29) is 5.56 Å². The molecule has 2 unspecified atom stereocenters. The zero-order valence-corrected chi connectivity index (χ0v) is 11.4. The Hall–Kier alpha value is -2.04. The zero-order chi connectivity index (χ0) is 14.1. The van der Waals surface area contributed by atoms with Crippen LogP contribution >= 0.6 is 0 Å². The number of carboxylic acid groups (broad SMARTS) is 1. The minimum absolute atomic E-state index is 0.213. The van der Waals surface area contributed by atoms with Crippen molar-refractivity contribution in [3.05, 3.63) is 23.8 Å². The second kappa shape index (κ2) is 5.15. The molecule has 1 aliphatic carbocycles. The number of nitrogens with one attached hydrogen (secondary N) is 1. The quantitative estimate of drug-likeness (QED) is 0.894. The normalized spacial score (nSPS) is 22.2. The van der Waals surface area contributed by atoms with Gasteiger partial charge in [0.05, 0.1) is 5.56 Å². The van der Waals surface area contributed by atoms with E-state index >= 15 is 0 Å². The van der Waals surface area contributed by atoms with Gasteiger partial charge in [0.2, 0.25) is 0 Å². The predicted molar refractivity (Wildman–Crippen MR) is 76.0 cm³/mol. The summed E-state index contributed by atoms with van der Waals surface area (Å²) in [6.07, 6.45) is 3.79. The highest BCUT2D eigenvalue weighted by atomic mass is 16.4. The Morgan fingerprint density at radius 1 is 1.50 bits per heavy atom. The number of oxazole rings is 1. The summed E-state index contributed by atoms with van der Waals surface area (Å²) in [7, 11) is 0. The van der Waals surface area contributed by atoms with Crippen LogP contribution in [-0.2, 0) is 0 Å². The lowest BCUT2D eigenvalue weighted by molar-refractivity contribution is 0.0697. The summed E-state index contributed by atoms with van der Waals surface area (Å²) >= 11 is 0. The fraction of sp³-hybridized carbons (Fsp3) is 0.467. The number of carbonyl (C=O) groups is 1. The molecule has 0 aliphatic heterocycles. The number of nitrogens with zero attached hydrogens (tertiary/aromatic N) is 1. The fourth-order valence-electron chi connectivity index (χ4n) is 2.88. The standard InChI is InChI=1S/C15H18N2O3/c1-9-2-3-10(6-9)8-16-15-17-12-5-4-11(14(18)19)7-13(12)20-15/h4-5,7,9-10H,2-3,6,8H2,1H3,(H,16,17)(H,18,19). The van der Waals surface area contributed by atoms with Crippen LogP contribution in [0.1, 0.15) is 36.5 Å². The number of anilines is 1. The SMILES string of the molecule is CC1CCC(CNc2nc3ccc(C(=O)O)cc3o2)C1. The van der Waals surface area contributed by atoms with Crippen LogP contribution in [0.15, 0.2) is 22.6 Å². The molecule has 5 nitrogen and oxygen atoms in total. The van der Waals surface area contributed by atoms with Crippen LogP contribution in [0.25, 0.3) is 11.1 Å². The van der Waals surface area contributed by atoms with Gasteiger partial charge in [-0.1, -0.05) is 13.3 Å². The van der Waals surface area contributed by atoms with E-state index in [9.17, 15) is 4.79 Å². The number of carboxylic acids is 1. The lowest BCUT2D eigenvalue weighted by Crippen LogP contribution is -2.11. The second-order valence-corrected chi connectivity index (χ2v) is 5.67. The molecule has 2 aromatic rings. The Morgan fingerprint density at radius 2 is 2.35 bits per heavy atom. The third kappa shape index (κ3) is 2.61. The van der Waals surface area contributed by atoms with E-state index in [0.29, 0.717) is 23.0 Å². The van der Waals surface area contributed by atoms with Gasteiger partial charge in [0, 0.05) is 6.54 Å². The number of aromatic nitrogens is 1. The van der Waals surface area contributed by atoms with Gasteiger partial charge in [-0.3, -0.25) is 0 Å². The summed E-state index contributed by atoms with van der Waals surface area (Å²) in [5.74, 6) is 0.524. The van der Waals surface area contributed by atoms with E-state index in [1.807, 2.05) is 0 Å². The molecular formula is C15H18N2O3. The highest BCUT2D eigenvalue weighted by Crippen LogP contribution is 2.30. The molecule has 1 aromatic heterocycles. The third-order valence-corrected chi connectivity index (χ3v) is 3.98. The highest BCUT2D eigenvalue weighted by molar-refractivity contribution is 5.92. The number of hydrogen-bond donors (Lipinski definition) is 2. The molecule has 1 heterocycles. The van der Waals surface area contributed by atoms with Crippen molar-refractivity contribution in [2.75, 3.05) is 11.9 Å². The molecule has 1 fully saturated rings. The summed E-state index contributed by atoms with van der Waals surface area (Å²) in [5, 5.41) is 12.2. The Balaban J connectivity index is 1.71. The van der Waals surface area contributed by atoms with Gasteiger partial charge in [0.25, 0.3) is 6.01 Å². The predicted octanol–water partition coefficient (Wildman–Crippen LogP) is 3.37. The van der Waals surface area contributed by atoms with Crippen molar-refractivity contribution in [3.63, 3.8) is 0 Å². The first-order valence-corrected chi connectivity index (χ1v) is 6.99. The monoisotopic (exact) mass is 274 g/mol. The molecule has 0 spiro atoms. The molecule has 1 aliphatic rings. The molecule has 0 amide bonds. The van der Waals surface area contributed by atoms with Crippen molar-refractivity contribution in [2.45, 2.75) is 26.2 Å². The van der Waals surface area contributed by atoms with Crippen molar-refractivity contribution in [3.8, 4) is 0 Å². The molecule has 0 bridgehead atoms. The Labute approximate surface area is 117 Å². The molecule has 1 saturated carbocycles. The maximum absolute atomic E-state index is 10.9. The van der Waals surface area contributed by atoms with Crippen LogP contribution in [0.3, 0.4) is 0 Å². The average Bonchev–Trinajstić information content (AvgIpc) is 3.00. The van der Waals surface area contributed by atoms with Crippen LogP contribution in [0.2, 0.25) is 0 Å². The van der Waals surface area contributed by atoms with Gasteiger partial charge in [-0.05, 0) is 42.9 Å². The van der Waals surface area contributed by atoms with E-state index in [2.05, 4.69) is 17.2 Å². The Kier molecular flexibility index (Phi) is 3.34. The first-order chi connectivity index (χ1) is 9.61. The molecule has 5 heteroatoms. The Bertz CT molecular complexity index is 635. The number of hydrogen-bond acceptors (Lipinski definition) is 4. The molecule has 0 radical (unpaired) electrons. The first kappa shape index (κ1) is 13.0. The highest BCUT2D eigenvalue weighted by Gasteiger charge is 2.21. The summed E-state index contributed by atoms with van der Waals surface area (Å²) in [4.78, 5) is 15.2. The van der Waals surface area contributed by atoms with Crippen molar-refractivity contribution in [1.82, 2.24) is 4.98 Å². The number of fused-ring (bicyclic) bond motifs is 1. The number of benzene rings is 1. The zero-order valence-electron chi connectivity index (χ0n) is 11.4. The van der Waals surface area contributed by atoms with Crippen molar-refractivity contribution in [1.29, 1.82) is 0 Å². The molecule has 3 rings (SSSR count). The average molecular weight is 274 g/mol. The van der Waals surface area contributed by atoms with E-state index in [4.69, 9.17) is 9.52 Å². The molecule has 0 saturated heterocycles. The van der Waals surface area contributed by atoms with Gasteiger partial charge < -0.3 is 14.8 Å². The van der Waals surface area contributed by atoms with Gasteiger partial charge in [-0.2, -0.15) is 4.98 Å². The first-order valence-electron chi connectivity index (χ1n) is 6.99. The van der Waals surface area contributed by atoms with Crippen molar-refractivity contribution >= 4 is 23.1 Å². The maximum Gasteiger partial charge on any atom is 0.335 e. The van der Waals surface area contributed by atoms with Crippen molar-refractivity contribution < 1.29 is 14.3 Å². The lowest BCUT2D eigenvalue weighted by Gasteiger charge is -2.08. The van der Waals surface area contributed by atoms with Crippen LogP contribution in [0, 0.1) is 11.8 Å². The van der Waals surface area contributed by atoms with Crippen molar-refractivity contribution in [2.24, 2.45) is 11.8 Å². The summed E-state index contributed by atoms with van der Waals surface area (Å²) < 4.78 is 5.56. The van der Waals surface area contributed by atoms with Gasteiger partial charge in [-0.25, -0.2) is 4.79 Å². The second-order valence-electron chi connectivity index (χ2n) is 5.67. The van der Waals surface area contributed by atoms with E-state index in [1.54, 1.807) is 6.07 Å². The van der Waals surface area contributed by atoms with E-state index in [0.717, 1.165) is 12.5 Å². The summed E-state index contributed by atoms with van der Waals surface area (Å²) in [6, 6.07) is 5.19. The van der Waals surface area contributed by atoms with E-state index < -0.39 is 5.97 Å².